The summed E-state index contributed by atoms with van der Waals surface area (Å²) in [5.41, 5.74) is -0.991. The van der Waals surface area contributed by atoms with Gasteiger partial charge < -0.3 is 62.2 Å². The van der Waals surface area contributed by atoms with Crippen LogP contribution in [0.1, 0.15) is 48.0 Å². The highest BCUT2D eigenvalue weighted by Gasteiger charge is 2.16. The first kappa shape index (κ1) is 45.3. The van der Waals surface area contributed by atoms with Crippen molar-refractivity contribution in [2.75, 3.05) is 139 Å². The first-order chi connectivity index (χ1) is 22.5. The second-order valence-electron chi connectivity index (χ2n) is 11.9. The zero-order chi connectivity index (χ0) is 34.9. The Hall–Kier alpha value is -1.66. The van der Waals surface area contributed by atoms with Gasteiger partial charge in [-0.05, 0) is 41.5 Å². The smallest absolute Gasteiger partial charge is 0.407 e. The van der Waals surface area contributed by atoms with E-state index in [0.29, 0.717) is 139 Å². The van der Waals surface area contributed by atoms with Gasteiger partial charge in [0.1, 0.15) is 11.2 Å². The van der Waals surface area contributed by atoms with Gasteiger partial charge in [-0.25, -0.2) is 4.79 Å². The second-order valence-corrected chi connectivity index (χ2v) is 11.9. The van der Waals surface area contributed by atoms with Gasteiger partial charge >= 0.3 is 12.1 Å². The number of nitrogens with one attached hydrogen (secondary N) is 1. The van der Waals surface area contributed by atoms with Crippen molar-refractivity contribution >= 4 is 12.1 Å². The molecule has 1 N–H and O–H groups in total. The maximum atomic E-state index is 11.6. The Bertz CT molecular complexity index is 657. The predicted octanol–water partition coefficient (Wildman–Crippen LogP) is 2.41. The van der Waals surface area contributed by atoms with E-state index in [2.05, 4.69) is 5.32 Å². The lowest BCUT2D eigenvalue weighted by molar-refractivity contribution is -0.156. The number of carbonyl (C=O) groups excluding carboxylic acids is 2. The highest BCUT2D eigenvalue weighted by Crippen LogP contribution is 2.08. The summed E-state index contributed by atoms with van der Waals surface area (Å²) in [7, 11) is 0. The summed E-state index contributed by atoms with van der Waals surface area (Å²) in [5, 5.41) is 2.63. The minimum atomic E-state index is -0.514. The number of rotatable bonds is 33. The zero-order valence-corrected chi connectivity index (χ0v) is 29.8. The van der Waals surface area contributed by atoms with Crippen LogP contribution in [0.4, 0.5) is 4.79 Å². The monoisotopic (exact) mass is 685 g/mol. The van der Waals surface area contributed by atoms with E-state index in [1.165, 1.54) is 0 Å². The normalized spacial score (nSPS) is 12.0. The van der Waals surface area contributed by atoms with Crippen molar-refractivity contribution in [3.8, 4) is 0 Å². The van der Waals surface area contributed by atoms with E-state index in [-0.39, 0.29) is 12.4 Å². The molecule has 0 aliphatic carbocycles. The highest BCUT2D eigenvalue weighted by atomic mass is 16.6. The van der Waals surface area contributed by atoms with Gasteiger partial charge in [-0.3, -0.25) is 4.79 Å². The number of hydrogen-bond acceptors (Lipinski definition) is 14. The minimum absolute atomic E-state index is 0.228. The van der Waals surface area contributed by atoms with E-state index in [0.717, 1.165) is 0 Å². The fourth-order valence-electron chi connectivity index (χ4n) is 3.17. The summed E-state index contributed by atoms with van der Waals surface area (Å²) in [6, 6.07) is 0. The quantitative estimate of drug-likeness (QED) is 0.0793. The maximum absolute atomic E-state index is 11.6. The first-order valence-electron chi connectivity index (χ1n) is 16.5. The van der Waals surface area contributed by atoms with Crippen molar-refractivity contribution in [2.45, 2.75) is 59.2 Å². The van der Waals surface area contributed by atoms with Crippen molar-refractivity contribution in [1.29, 1.82) is 0 Å². The number of hydrogen-bond donors (Lipinski definition) is 1. The molecule has 0 unspecified atom stereocenters. The molecule has 1 amide bonds. The molecule has 0 rings (SSSR count). The molecule has 15 nitrogen and oxygen atoms in total. The first-order valence-corrected chi connectivity index (χ1v) is 16.5. The average Bonchev–Trinajstić information content (AvgIpc) is 2.97. The summed E-state index contributed by atoms with van der Waals surface area (Å²) in [5.74, 6) is -0.268. The van der Waals surface area contributed by atoms with Gasteiger partial charge in [0.25, 0.3) is 0 Å². The van der Waals surface area contributed by atoms with Gasteiger partial charge in [-0.1, -0.05) is 0 Å². The van der Waals surface area contributed by atoms with Crippen LogP contribution in [0, 0.1) is 0 Å². The average molecular weight is 686 g/mol. The van der Waals surface area contributed by atoms with E-state index >= 15 is 0 Å². The predicted molar refractivity (Wildman–Crippen MR) is 173 cm³/mol. The molecule has 0 fully saturated rings. The van der Waals surface area contributed by atoms with Gasteiger partial charge in [0.05, 0.1) is 139 Å². The molecule has 0 aromatic rings. The highest BCUT2D eigenvalue weighted by molar-refractivity contribution is 5.69. The molecule has 0 saturated carbocycles. The summed E-state index contributed by atoms with van der Waals surface area (Å²) >= 11 is 0. The van der Waals surface area contributed by atoms with Crippen LogP contribution in [0.15, 0.2) is 0 Å². The topological polar surface area (TPSA) is 157 Å². The van der Waals surface area contributed by atoms with Crippen LogP contribution in [-0.4, -0.2) is 162 Å². The van der Waals surface area contributed by atoms with Gasteiger partial charge in [-0.15, -0.1) is 0 Å². The number of amides is 1. The van der Waals surface area contributed by atoms with Crippen LogP contribution >= 0.6 is 0 Å². The van der Waals surface area contributed by atoms with Gasteiger partial charge in [0.15, 0.2) is 0 Å². The van der Waals surface area contributed by atoms with E-state index < -0.39 is 17.3 Å². The van der Waals surface area contributed by atoms with Crippen molar-refractivity contribution < 1.29 is 66.4 Å². The molecule has 0 aromatic heterocycles. The molecule has 0 heterocycles. The van der Waals surface area contributed by atoms with Crippen molar-refractivity contribution in [3.63, 3.8) is 0 Å². The Kier molecular flexibility index (Phi) is 30.5. The Balaban J connectivity index is 3.14. The summed E-state index contributed by atoms with van der Waals surface area (Å²) in [4.78, 5) is 23.0. The Morgan fingerprint density at radius 2 is 0.638 bits per heavy atom. The van der Waals surface area contributed by atoms with Crippen LogP contribution in [0.25, 0.3) is 0 Å². The standard InChI is InChI=1S/C32H63NO14/c1-31(2,3)46-29(34)7-9-36-11-13-38-15-17-40-19-21-42-23-25-44-27-28-45-26-24-43-22-20-41-18-16-39-14-12-37-10-8-33-30(35)47-32(4,5)6/h7-28H2,1-6H3,(H,33,35). The lowest BCUT2D eigenvalue weighted by Crippen LogP contribution is -2.34. The van der Waals surface area contributed by atoms with Crippen LogP contribution in [0.5, 0.6) is 0 Å². The number of esters is 1. The molecular weight excluding hydrogens is 622 g/mol. The van der Waals surface area contributed by atoms with E-state index in [9.17, 15) is 9.59 Å². The Morgan fingerprint density at radius 1 is 0.383 bits per heavy atom. The third kappa shape index (κ3) is 40.4. The third-order valence-electron chi connectivity index (χ3n) is 5.13. The van der Waals surface area contributed by atoms with Gasteiger partial charge in [0, 0.05) is 6.54 Å². The van der Waals surface area contributed by atoms with Crippen LogP contribution in [0.2, 0.25) is 0 Å². The Labute approximate surface area is 281 Å². The zero-order valence-electron chi connectivity index (χ0n) is 29.8. The number of ether oxygens (including phenoxy) is 12. The van der Waals surface area contributed by atoms with Gasteiger partial charge in [-0.2, -0.15) is 0 Å². The molecule has 15 heteroatoms. The molecule has 0 aromatic carbocycles. The molecule has 280 valence electrons. The van der Waals surface area contributed by atoms with Crippen LogP contribution in [0.3, 0.4) is 0 Å². The lowest BCUT2D eigenvalue weighted by atomic mass is 10.2. The van der Waals surface area contributed by atoms with Crippen molar-refractivity contribution in [2.24, 2.45) is 0 Å². The number of carbonyl (C=O) groups is 2. The fourth-order valence-corrected chi connectivity index (χ4v) is 3.17. The maximum Gasteiger partial charge on any atom is 0.407 e. The molecule has 47 heavy (non-hydrogen) atoms. The molecular formula is C32H63NO14. The number of alkyl carbamates (subject to hydrolysis) is 1. The molecule has 0 saturated heterocycles. The van der Waals surface area contributed by atoms with Crippen LogP contribution < -0.4 is 5.32 Å². The SMILES string of the molecule is CC(C)(C)OC(=O)CCOCCOCCOCCOCCOCCOCCOCCOCCOCCOCCNC(=O)OC(C)(C)C. The van der Waals surface area contributed by atoms with Crippen molar-refractivity contribution in [1.82, 2.24) is 5.32 Å². The van der Waals surface area contributed by atoms with Crippen molar-refractivity contribution in [3.05, 3.63) is 0 Å². The molecule has 0 atom stereocenters. The molecule has 0 aliphatic rings. The third-order valence-corrected chi connectivity index (χ3v) is 5.13. The van der Waals surface area contributed by atoms with E-state index in [1.807, 2.05) is 41.5 Å². The summed E-state index contributed by atoms with van der Waals surface area (Å²) in [6.07, 6.45) is -0.227. The summed E-state index contributed by atoms with van der Waals surface area (Å²) in [6.45, 7) is 20.5. The fraction of sp³-hybridized carbons (Fsp3) is 0.938. The molecule has 0 bridgehead atoms. The lowest BCUT2D eigenvalue weighted by Gasteiger charge is -2.19. The minimum Gasteiger partial charge on any atom is -0.460 e. The van der Waals surface area contributed by atoms with E-state index in [1.54, 1.807) is 0 Å². The molecule has 0 spiro atoms. The summed E-state index contributed by atoms with van der Waals surface area (Å²) < 4.78 is 64.7. The van der Waals surface area contributed by atoms with Gasteiger partial charge in [0.2, 0.25) is 0 Å². The van der Waals surface area contributed by atoms with E-state index in [4.69, 9.17) is 56.8 Å². The van der Waals surface area contributed by atoms with Crippen LogP contribution in [-0.2, 0) is 61.6 Å². The Morgan fingerprint density at radius 3 is 0.915 bits per heavy atom. The molecule has 0 radical (unpaired) electrons. The molecule has 0 aliphatic heterocycles. The second kappa shape index (κ2) is 31.6. The largest absolute Gasteiger partial charge is 0.460 e.